The highest BCUT2D eigenvalue weighted by molar-refractivity contribution is 7.91. The van der Waals surface area contributed by atoms with Crippen molar-refractivity contribution in [1.29, 1.82) is 0 Å². The zero-order chi connectivity index (χ0) is 23.8. The van der Waals surface area contributed by atoms with Gasteiger partial charge in [0.25, 0.3) is 5.91 Å². The van der Waals surface area contributed by atoms with E-state index in [0.717, 1.165) is 25.8 Å². The quantitative estimate of drug-likeness (QED) is 0.310. The summed E-state index contributed by atoms with van der Waals surface area (Å²) in [7, 11) is 0.962. The summed E-state index contributed by atoms with van der Waals surface area (Å²) in [5.74, 6) is -0.359. The Morgan fingerprint density at radius 3 is 2.34 bits per heavy atom. The number of hydrogen-bond donors (Lipinski definition) is 3. The van der Waals surface area contributed by atoms with Crippen LogP contribution in [0.2, 0.25) is 5.15 Å². The van der Waals surface area contributed by atoms with Crippen molar-refractivity contribution in [2.24, 2.45) is 0 Å². The molecule has 0 bridgehead atoms. The van der Waals surface area contributed by atoms with Crippen LogP contribution in [0.3, 0.4) is 0 Å². The van der Waals surface area contributed by atoms with Crippen LogP contribution < -0.4 is 16.8 Å². The number of hydrogen-bond acceptors (Lipinski definition) is 7. The van der Waals surface area contributed by atoms with Crippen molar-refractivity contribution >= 4 is 39.0 Å². The Kier molecular flexibility index (Phi) is 9.23. The summed E-state index contributed by atoms with van der Waals surface area (Å²) in [5, 5.41) is 2.72. The molecule has 0 spiro atoms. The minimum absolute atomic E-state index is 0.0174. The van der Waals surface area contributed by atoms with Crippen LogP contribution in [0.5, 0.6) is 0 Å². The molecular formula is C21H32ClN6O3S+. The number of quaternary nitrogens is 1. The van der Waals surface area contributed by atoms with Gasteiger partial charge in [-0.2, -0.15) is 0 Å². The highest BCUT2D eigenvalue weighted by Crippen LogP contribution is 2.17. The van der Waals surface area contributed by atoms with Crippen LogP contribution in [0.15, 0.2) is 35.2 Å². The molecule has 0 unspecified atom stereocenters. The fourth-order valence-electron chi connectivity index (χ4n) is 3.21. The Morgan fingerprint density at radius 2 is 1.66 bits per heavy atom. The second-order valence-corrected chi connectivity index (χ2v) is 10.8. The number of aromatic nitrogens is 2. The number of rotatable bonds is 12. The van der Waals surface area contributed by atoms with Crippen molar-refractivity contribution in [3.63, 3.8) is 0 Å². The van der Waals surface area contributed by atoms with E-state index in [9.17, 15) is 13.2 Å². The topological polar surface area (TPSA) is 141 Å². The molecule has 1 heterocycles. The predicted octanol–water partition coefficient (Wildman–Crippen LogP) is 2.13. The molecule has 1 amide bonds. The van der Waals surface area contributed by atoms with Gasteiger partial charge in [-0.25, -0.2) is 18.4 Å². The molecule has 0 atom stereocenters. The number of unbranched alkanes of at least 4 members (excludes halogenated alkanes) is 3. The molecule has 32 heavy (non-hydrogen) atoms. The van der Waals surface area contributed by atoms with Crippen molar-refractivity contribution in [2.75, 3.05) is 50.9 Å². The van der Waals surface area contributed by atoms with Crippen molar-refractivity contribution in [2.45, 2.75) is 30.6 Å². The summed E-state index contributed by atoms with van der Waals surface area (Å²) in [5.41, 5.74) is 11.2. The van der Waals surface area contributed by atoms with Gasteiger partial charge in [0.05, 0.1) is 44.4 Å². The van der Waals surface area contributed by atoms with Crippen molar-refractivity contribution in [3.8, 4) is 0 Å². The monoisotopic (exact) mass is 483 g/mol. The Bertz CT molecular complexity index is 1020. The van der Waals surface area contributed by atoms with Crippen LogP contribution >= 0.6 is 11.6 Å². The summed E-state index contributed by atoms with van der Waals surface area (Å²) < 4.78 is 25.3. The number of carbonyl (C=O) groups is 1. The maximum absolute atomic E-state index is 12.3. The molecule has 176 valence electrons. The fraction of sp³-hybridized carbons (Fsp3) is 0.476. The maximum atomic E-state index is 12.3. The van der Waals surface area contributed by atoms with Gasteiger partial charge in [0.1, 0.15) is 0 Å². The number of nitrogen functional groups attached to an aromatic ring is 2. The number of nitrogens with zero attached hydrogens (tertiary/aromatic N) is 3. The van der Waals surface area contributed by atoms with Crippen LogP contribution in [0, 0.1) is 0 Å². The van der Waals surface area contributed by atoms with Crippen LogP contribution in [-0.4, -0.2) is 68.3 Å². The Morgan fingerprint density at radius 1 is 1.00 bits per heavy atom. The lowest BCUT2D eigenvalue weighted by Gasteiger charge is -2.30. The Labute approximate surface area is 194 Å². The van der Waals surface area contributed by atoms with E-state index < -0.39 is 15.7 Å². The van der Waals surface area contributed by atoms with Gasteiger partial charge < -0.3 is 21.3 Å². The molecule has 0 saturated heterocycles. The average Bonchev–Trinajstić information content (AvgIpc) is 2.73. The fourth-order valence-corrected chi connectivity index (χ4v) is 4.73. The maximum Gasteiger partial charge on any atom is 0.273 e. The first-order valence-electron chi connectivity index (χ1n) is 10.5. The van der Waals surface area contributed by atoms with Crippen LogP contribution in [0.4, 0.5) is 11.6 Å². The van der Waals surface area contributed by atoms with Gasteiger partial charge in [-0.15, -0.1) is 0 Å². The predicted molar refractivity (Wildman–Crippen MR) is 127 cm³/mol. The minimum Gasteiger partial charge on any atom is -0.382 e. The number of nitrogens with one attached hydrogen (secondary N) is 1. The third-order valence-corrected chi connectivity index (χ3v) is 7.25. The molecule has 5 N–H and O–H groups in total. The van der Waals surface area contributed by atoms with Gasteiger partial charge in [0.2, 0.25) is 0 Å². The van der Waals surface area contributed by atoms with Gasteiger partial charge in [0.15, 0.2) is 32.3 Å². The molecule has 0 aliphatic heterocycles. The van der Waals surface area contributed by atoms with E-state index in [-0.39, 0.29) is 28.2 Å². The van der Waals surface area contributed by atoms with Crippen LogP contribution in [-0.2, 0) is 9.84 Å². The number of carbonyl (C=O) groups excluding carboxylic acids is 1. The van der Waals surface area contributed by atoms with Crippen molar-refractivity contribution in [3.05, 3.63) is 41.2 Å². The number of sulfone groups is 1. The van der Waals surface area contributed by atoms with E-state index in [1.165, 1.54) is 0 Å². The summed E-state index contributed by atoms with van der Waals surface area (Å²) >= 11 is 5.82. The molecular weight excluding hydrogens is 452 g/mol. The van der Waals surface area contributed by atoms with E-state index in [4.69, 9.17) is 23.1 Å². The van der Waals surface area contributed by atoms with E-state index in [2.05, 4.69) is 29.4 Å². The molecule has 0 aliphatic carbocycles. The minimum atomic E-state index is -3.20. The molecule has 1 aromatic heterocycles. The number of nitrogens with two attached hydrogens (primary N) is 2. The van der Waals surface area contributed by atoms with Crippen LogP contribution in [0.1, 0.15) is 36.2 Å². The second kappa shape index (κ2) is 11.4. The summed E-state index contributed by atoms with van der Waals surface area (Å²) in [4.78, 5) is 20.4. The third kappa shape index (κ3) is 7.92. The van der Waals surface area contributed by atoms with Gasteiger partial charge in [0, 0.05) is 0 Å². The molecule has 0 aliphatic rings. The normalized spacial score (nSPS) is 12.0. The highest BCUT2D eigenvalue weighted by Gasteiger charge is 2.19. The van der Waals surface area contributed by atoms with E-state index in [1.54, 1.807) is 24.3 Å². The molecule has 2 rings (SSSR count). The lowest BCUT2D eigenvalue weighted by atomic mass is 10.2. The zero-order valence-electron chi connectivity index (χ0n) is 18.6. The number of benzene rings is 1. The molecule has 1 aromatic carbocycles. The van der Waals surface area contributed by atoms with Crippen LogP contribution in [0.25, 0.3) is 0 Å². The molecule has 9 nitrogen and oxygen atoms in total. The number of halogens is 1. The molecule has 0 fully saturated rings. The lowest BCUT2D eigenvalue weighted by Crippen LogP contribution is -2.46. The van der Waals surface area contributed by atoms with Crippen molar-refractivity contribution in [1.82, 2.24) is 15.3 Å². The van der Waals surface area contributed by atoms with E-state index in [0.29, 0.717) is 28.9 Å². The Hall–Kier alpha value is -2.43. The highest BCUT2D eigenvalue weighted by atomic mass is 35.5. The average molecular weight is 484 g/mol. The summed E-state index contributed by atoms with van der Waals surface area (Å²) in [6.45, 7) is 2.06. The number of anilines is 2. The second-order valence-electron chi connectivity index (χ2n) is 8.32. The molecule has 0 radical (unpaired) electrons. The van der Waals surface area contributed by atoms with E-state index >= 15 is 0 Å². The van der Waals surface area contributed by atoms with E-state index in [1.807, 2.05) is 6.07 Å². The smallest absolute Gasteiger partial charge is 0.273 e. The number of likely N-dealkylation sites (N-methyl/N-ethyl adjacent to an activating group) is 1. The van der Waals surface area contributed by atoms with Gasteiger partial charge in [-0.1, -0.05) is 36.2 Å². The first-order chi connectivity index (χ1) is 15.0. The first kappa shape index (κ1) is 25.8. The lowest BCUT2D eigenvalue weighted by molar-refractivity contribution is -0.889. The summed E-state index contributed by atoms with van der Waals surface area (Å²) in [6.07, 6.45) is 3.43. The molecule has 2 aromatic rings. The first-order valence-corrected chi connectivity index (χ1v) is 12.5. The summed E-state index contributed by atoms with van der Waals surface area (Å²) in [6, 6.07) is 8.56. The number of amides is 1. The van der Waals surface area contributed by atoms with Gasteiger partial charge >= 0.3 is 0 Å². The molecule has 0 saturated carbocycles. The SMILES string of the molecule is C[N+](C)(CCCCCCS(=O)(=O)c1ccccc1)CCNC(=O)c1nc(Cl)c(N)nc1N. The zero-order valence-corrected chi connectivity index (χ0v) is 20.1. The standard InChI is InChI=1S/C21H31ClN6O3S/c1-28(2,14-12-25-21(29)17-19(23)27-20(24)18(22)26-17)13-8-3-4-9-15-32(30,31)16-10-6-5-7-11-16/h5-7,10-11H,3-4,8-9,12-15H2,1-2H3,(H4-,23,24,25,27,29)/p+1. The largest absolute Gasteiger partial charge is 0.382 e. The third-order valence-electron chi connectivity index (χ3n) is 5.15. The Balaban J connectivity index is 1.66. The van der Waals surface area contributed by atoms with Crippen molar-refractivity contribution < 1.29 is 17.7 Å². The van der Waals surface area contributed by atoms with Gasteiger partial charge in [-0.05, 0) is 31.4 Å². The molecule has 11 heteroatoms. The van der Waals surface area contributed by atoms with Gasteiger partial charge in [-0.3, -0.25) is 4.79 Å².